The highest BCUT2D eigenvalue weighted by molar-refractivity contribution is 5.45. The number of fused-ring (bicyclic) bond motifs is 1. The number of ether oxygens (including phenoxy) is 1. The van der Waals surface area contributed by atoms with E-state index in [1.165, 1.54) is 45.1 Å². The van der Waals surface area contributed by atoms with Crippen LogP contribution in [0.1, 0.15) is 56.6 Å². The molecule has 2 nitrogen and oxygen atoms in total. The highest BCUT2D eigenvalue weighted by atomic mass is 16.5. The van der Waals surface area contributed by atoms with Gasteiger partial charge in [0.15, 0.2) is 0 Å². The maximum Gasteiger partial charge on any atom is 0.135 e. The molecular weight excluding hydrogens is 258 g/mol. The van der Waals surface area contributed by atoms with Crippen molar-refractivity contribution in [3.8, 4) is 5.75 Å². The lowest BCUT2D eigenvalue weighted by molar-refractivity contribution is 0.0795. The first-order valence-corrected chi connectivity index (χ1v) is 8.68. The third-order valence-electron chi connectivity index (χ3n) is 6.00. The van der Waals surface area contributed by atoms with Gasteiger partial charge in [0.05, 0.1) is 0 Å². The lowest BCUT2D eigenvalue weighted by atomic mass is 9.53. The van der Waals surface area contributed by atoms with Crippen LogP contribution < -0.4 is 10.1 Å². The Balaban J connectivity index is 1.76. The minimum atomic E-state index is 0.438. The van der Waals surface area contributed by atoms with E-state index in [1.807, 2.05) is 6.61 Å². The van der Waals surface area contributed by atoms with Crippen LogP contribution in [-0.2, 0) is 11.8 Å². The van der Waals surface area contributed by atoms with Gasteiger partial charge in [-0.2, -0.15) is 0 Å². The summed E-state index contributed by atoms with van der Waals surface area (Å²) in [5, 5.41) is 3.80. The monoisotopic (exact) mass is 284 g/mol. The van der Waals surface area contributed by atoms with Crippen LogP contribution in [0.15, 0.2) is 18.2 Å². The van der Waals surface area contributed by atoms with E-state index in [-0.39, 0.29) is 0 Å². The fourth-order valence-corrected chi connectivity index (χ4v) is 5.16. The summed E-state index contributed by atoms with van der Waals surface area (Å²) in [4.78, 5) is 0. The fraction of sp³-hybridized carbons (Fsp3) is 0.632. The molecule has 0 aromatic heterocycles. The van der Waals surface area contributed by atoms with Gasteiger partial charge in [-0.3, -0.25) is 0 Å². The molecule has 3 atom stereocenters. The molecule has 1 aromatic carbocycles. The molecule has 1 saturated heterocycles. The van der Waals surface area contributed by atoms with Gasteiger partial charge >= 0.3 is 0 Å². The van der Waals surface area contributed by atoms with Crippen LogP contribution in [-0.4, -0.2) is 12.6 Å². The van der Waals surface area contributed by atoms with Gasteiger partial charge in [0, 0.05) is 11.5 Å². The van der Waals surface area contributed by atoms with Gasteiger partial charge in [-0.05, 0) is 67.8 Å². The molecule has 21 heavy (non-hydrogen) atoms. The van der Waals surface area contributed by atoms with Gasteiger partial charge in [-0.25, -0.2) is 0 Å². The zero-order chi connectivity index (χ0) is 14.3. The van der Waals surface area contributed by atoms with Crippen LogP contribution in [0.3, 0.4) is 0 Å². The smallest absolute Gasteiger partial charge is 0.135 e. The largest absolute Gasteiger partial charge is 0.487 e. The van der Waals surface area contributed by atoms with Crippen LogP contribution in [0.25, 0.3) is 0 Å². The molecule has 2 fully saturated rings. The van der Waals surface area contributed by atoms with Crippen molar-refractivity contribution in [2.45, 2.75) is 63.3 Å². The van der Waals surface area contributed by atoms with Crippen molar-refractivity contribution in [3.05, 3.63) is 35.9 Å². The Morgan fingerprint density at radius 1 is 1.33 bits per heavy atom. The molecule has 2 aliphatic carbocycles. The van der Waals surface area contributed by atoms with E-state index in [1.54, 1.807) is 11.1 Å². The van der Waals surface area contributed by atoms with E-state index in [4.69, 9.17) is 4.74 Å². The first-order valence-electron chi connectivity index (χ1n) is 8.68. The topological polar surface area (TPSA) is 21.3 Å². The summed E-state index contributed by atoms with van der Waals surface area (Å²) < 4.78 is 5.79. The molecule has 0 unspecified atom stereocenters. The average Bonchev–Trinajstić information content (AvgIpc) is 2.53. The van der Waals surface area contributed by atoms with Crippen molar-refractivity contribution in [1.29, 1.82) is 0 Å². The average molecular weight is 284 g/mol. The van der Waals surface area contributed by atoms with E-state index in [0.29, 0.717) is 11.5 Å². The second-order valence-electron chi connectivity index (χ2n) is 7.03. The molecule has 3 aliphatic rings. The Kier molecular flexibility index (Phi) is 3.45. The number of piperidine rings is 1. The molecule has 1 aromatic rings. The number of nitrogens with one attached hydrogen (secondary N) is 1. The van der Waals surface area contributed by atoms with E-state index in [9.17, 15) is 0 Å². The summed E-state index contributed by atoms with van der Waals surface area (Å²) in [6, 6.07) is 7.54. The Morgan fingerprint density at radius 2 is 2.29 bits per heavy atom. The lowest BCUT2D eigenvalue weighted by Crippen LogP contribution is -2.59. The maximum absolute atomic E-state index is 5.79. The lowest BCUT2D eigenvalue weighted by Gasteiger charge is -2.56. The van der Waals surface area contributed by atoms with Crippen LogP contribution in [0.2, 0.25) is 0 Å². The van der Waals surface area contributed by atoms with E-state index in [2.05, 4.69) is 30.4 Å². The molecule has 1 saturated carbocycles. The number of hydrogen-bond acceptors (Lipinski definition) is 2. The van der Waals surface area contributed by atoms with E-state index >= 15 is 0 Å². The molecule has 1 aliphatic heterocycles. The molecular formula is C19H26NO. The van der Waals surface area contributed by atoms with Gasteiger partial charge < -0.3 is 10.1 Å². The molecule has 1 radical (unpaired) electrons. The molecule has 0 spiro atoms. The molecule has 4 rings (SSSR count). The Labute approximate surface area is 128 Å². The van der Waals surface area contributed by atoms with Crippen molar-refractivity contribution in [1.82, 2.24) is 5.32 Å². The van der Waals surface area contributed by atoms with Gasteiger partial charge in [0.2, 0.25) is 0 Å². The number of benzene rings is 1. The molecule has 113 valence electrons. The Bertz CT molecular complexity index is 522. The zero-order valence-corrected chi connectivity index (χ0v) is 13.0. The predicted molar refractivity (Wildman–Crippen MR) is 85.4 cm³/mol. The SMILES string of the molecule is CC[CH]Oc1ccc2c(c1)[C@@]13CCCC[C@H]1[C@@H](C2)NCC3. The quantitative estimate of drug-likeness (QED) is 0.906. The summed E-state index contributed by atoms with van der Waals surface area (Å²) in [6.07, 6.45) is 9.07. The van der Waals surface area contributed by atoms with Crippen LogP contribution >= 0.6 is 0 Å². The third-order valence-corrected chi connectivity index (χ3v) is 6.00. The molecule has 1 N–H and O–H groups in total. The summed E-state index contributed by atoms with van der Waals surface area (Å²) in [5.41, 5.74) is 3.62. The highest BCUT2D eigenvalue weighted by Crippen LogP contribution is 2.54. The Hall–Kier alpha value is -1.02. The summed E-state index contributed by atoms with van der Waals surface area (Å²) in [5.74, 6) is 1.88. The van der Waals surface area contributed by atoms with E-state index in [0.717, 1.165) is 18.1 Å². The maximum atomic E-state index is 5.79. The zero-order valence-electron chi connectivity index (χ0n) is 13.0. The molecule has 2 heteroatoms. The van der Waals surface area contributed by atoms with Crippen molar-refractivity contribution in [2.75, 3.05) is 6.54 Å². The van der Waals surface area contributed by atoms with Crippen molar-refractivity contribution < 1.29 is 4.74 Å². The summed E-state index contributed by atoms with van der Waals surface area (Å²) in [6.45, 7) is 5.21. The molecule has 1 heterocycles. The fourth-order valence-electron chi connectivity index (χ4n) is 5.16. The first kappa shape index (κ1) is 13.6. The van der Waals surface area contributed by atoms with Crippen LogP contribution in [0.4, 0.5) is 0 Å². The normalized spacial score (nSPS) is 34.0. The first-order chi connectivity index (χ1) is 10.3. The second kappa shape index (κ2) is 5.31. The Morgan fingerprint density at radius 3 is 3.19 bits per heavy atom. The van der Waals surface area contributed by atoms with E-state index < -0.39 is 0 Å². The van der Waals surface area contributed by atoms with Gasteiger partial charge in [0.25, 0.3) is 0 Å². The third kappa shape index (κ3) is 2.11. The van der Waals surface area contributed by atoms with Crippen LogP contribution in [0, 0.1) is 12.5 Å². The summed E-state index contributed by atoms with van der Waals surface area (Å²) in [7, 11) is 0. The molecule has 0 amide bonds. The van der Waals surface area contributed by atoms with Gasteiger partial charge in [-0.1, -0.05) is 25.8 Å². The van der Waals surface area contributed by atoms with Crippen molar-refractivity contribution in [3.63, 3.8) is 0 Å². The van der Waals surface area contributed by atoms with Crippen molar-refractivity contribution >= 4 is 0 Å². The molecule has 2 bridgehead atoms. The standard InChI is InChI=1S/C19H26NO/c1-2-11-21-15-7-6-14-12-18-16-5-3-4-8-19(16,9-10-20-18)17(14)13-15/h6-7,11,13,16,18,20H,2-5,8-10,12H2,1H3/t16-,18+,19+/m0/s1. The minimum absolute atomic E-state index is 0.438. The predicted octanol–water partition coefficient (Wildman–Crippen LogP) is 3.98. The second-order valence-corrected chi connectivity index (χ2v) is 7.03. The van der Waals surface area contributed by atoms with Gasteiger partial charge in [-0.15, -0.1) is 0 Å². The number of hydrogen-bond donors (Lipinski definition) is 1. The van der Waals surface area contributed by atoms with Crippen LogP contribution in [0.5, 0.6) is 5.75 Å². The van der Waals surface area contributed by atoms with Crippen molar-refractivity contribution in [2.24, 2.45) is 5.92 Å². The number of rotatable bonds is 3. The minimum Gasteiger partial charge on any atom is -0.487 e. The van der Waals surface area contributed by atoms with Gasteiger partial charge in [0.1, 0.15) is 12.4 Å². The summed E-state index contributed by atoms with van der Waals surface area (Å²) >= 11 is 0. The highest BCUT2D eigenvalue weighted by Gasteiger charge is 2.51.